The summed E-state index contributed by atoms with van der Waals surface area (Å²) < 4.78 is 1.96. The fourth-order valence-electron chi connectivity index (χ4n) is 2.35. The van der Waals surface area contributed by atoms with E-state index in [0.717, 1.165) is 16.9 Å². The molecule has 0 fully saturated rings. The molecule has 0 atom stereocenters. The van der Waals surface area contributed by atoms with Crippen LogP contribution in [0.25, 0.3) is 5.65 Å². The molecular weight excluding hydrogens is 417 g/mol. The number of aromatic hydroxyl groups is 1. The van der Waals surface area contributed by atoms with E-state index in [0.29, 0.717) is 5.75 Å². The Morgan fingerprint density at radius 3 is 2.81 bits per heavy atom. The molecule has 9 heteroatoms. The Bertz CT molecular complexity index is 965. The van der Waals surface area contributed by atoms with Crippen LogP contribution in [0, 0.1) is 6.92 Å². The third-order valence-corrected chi connectivity index (χ3v) is 5.58. The molecule has 0 aliphatic carbocycles. The molecule has 2 aromatic heterocycles. The predicted molar refractivity (Wildman–Crippen MR) is 108 cm³/mol. The summed E-state index contributed by atoms with van der Waals surface area (Å²) in [5.74, 6) is 0.0945. The van der Waals surface area contributed by atoms with Gasteiger partial charge in [0.2, 0.25) is 5.91 Å². The molecule has 2 heterocycles. The Kier molecular flexibility index (Phi) is 5.87. The Labute approximate surface area is 169 Å². The van der Waals surface area contributed by atoms with E-state index in [1.165, 1.54) is 17.8 Å². The summed E-state index contributed by atoms with van der Waals surface area (Å²) in [6.07, 6.45) is 3.93. The second-order valence-electron chi connectivity index (χ2n) is 5.62. The summed E-state index contributed by atoms with van der Waals surface area (Å²) >= 11 is 19.2. The van der Waals surface area contributed by atoms with E-state index in [-0.39, 0.29) is 38.2 Å². The van der Waals surface area contributed by atoms with Crippen molar-refractivity contribution in [2.45, 2.75) is 12.7 Å². The highest BCUT2D eigenvalue weighted by atomic mass is 35.5. The number of phenolic OH excluding ortho intramolecular Hbond substituents is 1. The molecule has 0 radical (unpaired) electrons. The first-order valence-corrected chi connectivity index (χ1v) is 9.82. The molecule has 3 aromatic rings. The average Bonchev–Trinajstić information content (AvgIpc) is 2.98. The van der Waals surface area contributed by atoms with Gasteiger partial charge in [-0.15, -0.1) is 11.8 Å². The number of phenols is 1. The van der Waals surface area contributed by atoms with Crippen LogP contribution in [0.1, 0.15) is 11.3 Å². The van der Waals surface area contributed by atoms with E-state index < -0.39 is 0 Å². The fourth-order valence-corrected chi connectivity index (χ4v) is 3.71. The quantitative estimate of drug-likeness (QED) is 0.432. The van der Waals surface area contributed by atoms with Gasteiger partial charge in [0.05, 0.1) is 26.5 Å². The van der Waals surface area contributed by atoms with Crippen LogP contribution in [-0.2, 0) is 10.5 Å². The van der Waals surface area contributed by atoms with Crippen molar-refractivity contribution in [3.8, 4) is 5.75 Å². The number of hydrogen-bond acceptors (Lipinski definition) is 4. The number of imidazole rings is 1. The highest BCUT2D eigenvalue weighted by Crippen LogP contribution is 2.42. The van der Waals surface area contributed by atoms with Gasteiger partial charge in [-0.3, -0.25) is 4.79 Å². The van der Waals surface area contributed by atoms with E-state index in [4.69, 9.17) is 34.8 Å². The average molecular weight is 431 g/mol. The zero-order chi connectivity index (χ0) is 18.8. The van der Waals surface area contributed by atoms with Gasteiger partial charge in [0.15, 0.2) is 5.75 Å². The zero-order valence-corrected chi connectivity index (χ0v) is 16.7. The van der Waals surface area contributed by atoms with Crippen molar-refractivity contribution in [3.63, 3.8) is 0 Å². The number of halogens is 3. The molecule has 0 aliphatic heterocycles. The molecule has 0 saturated carbocycles. The normalized spacial score (nSPS) is 11.1. The highest BCUT2D eigenvalue weighted by Gasteiger charge is 2.17. The first-order valence-electron chi connectivity index (χ1n) is 7.53. The maximum absolute atomic E-state index is 12.1. The van der Waals surface area contributed by atoms with Gasteiger partial charge in [-0.25, -0.2) is 4.98 Å². The minimum atomic E-state index is -0.329. The van der Waals surface area contributed by atoms with Crippen LogP contribution in [0.2, 0.25) is 15.1 Å². The van der Waals surface area contributed by atoms with Crippen molar-refractivity contribution in [1.29, 1.82) is 0 Å². The largest absolute Gasteiger partial charge is 0.504 e. The number of benzene rings is 1. The van der Waals surface area contributed by atoms with Gasteiger partial charge in [-0.05, 0) is 24.6 Å². The number of aromatic nitrogens is 2. The van der Waals surface area contributed by atoms with Crippen LogP contribution in [0.15, 0.2) is 30.6 Å². The molecule has 3 rings (SSSR count). The lowest BCUT2D eigenvalue weighted by molar-refractivity contribution is -0.113. The Hall–Kier alpha value is -1.60. The summed E-state index contributed by atoms with van der Waals surface area (Å²) in [5, 5.41) is 12.7. The van der Waals surface area contributed by atoms with E-state index in [9.17, 15) is 9.90 Å². The van der Waals surface area contributed by atoms with Crippen molar-refractivity contribution in [2.75, 3.05) is 11.1 Å². The minimum Gasteiger partial charge on any atom is -0.504 e. The SMILES string of the molecule is Cc1ccc2nc(CSCC(=O)Nc3c(O)c(Cl)cc(Cl)c3Cl)cn2c1. The van der Waals surface area contributed by atoms with E-state index in [2.05, 4.69) is 10.3 Å². The number of carbonyl (C=O) groups excluding carboxylic acids is 1. The zero-order valence-electron chi connectivity index (χ0n) is 13.6. The molecule has 0 bridgehead atoms. The molecule has 0 spiro atoms. The summed E-state index contributed by atoms with van der Waals surface area (Å²) in [5.41, 5.74) is 2.89. The summed E-state index contributed by atoms with van der Waals surface area (Å²) in [6.45, 7) is 2.01. The molecule has 0 aliphatic rings. The van der Waals surface area contributed by atoms with Crippen molar-refractivity contribution >= 4 is 63.8 Å². The number of nitrogens with zero attached hydrogens (tertiary/aromatic N) is 2. The summed E-state index contributed by atoms with van der Waals surface area (Å²) in [7, 11) is 0. The molecule has 5 nitrogen and oxygen atoms in total. The third-order valence-electron chi connectivity index (χ3n) is 3.54. The third kappa shape index (κ3) is 4.20. The molecule has 0 saturated heterocycles. The van der Waals surface area contributed by atoms with Gasteiger partial charge in [-0.2, -0.15) is 0 Å². The summed E-state index contributed by atoms with van der Waals surface area (Å²) in [6, 6.07) is 5.26. The molecule has 136 valence electrons. The van der Waals surface area contributed by atoms with Crippen molar-refractivity contribution in [3.05, 3.63) is 56.9 Å². The number of nitrogens with one attached hydrogen (secondary N) is 1. The van der Waals surface area contributed by atoms with E-state index in [1.807, 2.05) is 35.9 Å². The number of aryl methyl sites for hydroxylation is 1. The first kappa shape index (κ1) is 19.2. The lowest BCUT2D eigenvalue weighted by Gasteiger charge is -2.11. The lowest BCUT2D eigenvalue weighted by atomic mass is 10.3. The van der Waals surface area contributed by atoms with Gasteiger partial charge >= 0.3 is 0 Å². The van der Waals surface area contributed by atoms with Crippen molar-refractivity contribution < 1.29 is 9.90 Å². The Morgan fingerprint density at radius 2 is 2.04 bits per heavy atom. The van der Waals surface area contributed by atoms with Gasteiger partial charge in [0, 0.05) is 18.1 Å². The van der Waals surface area contributed by atoms with Crippen LogP contribution < -0.4 is 5.32 Å². The number of fused-ring (bicyclic) bond motifs is 1. The molecular formula is C17H14Cl3N3O2S. The molecule has 0 unspecified atom stereocenters. The molecule has 26 heavy (non-hydrogen) atoms. The fraction of sp³-hybridized carbons (Fsp3) is 0.176. The number of hydrogen-bond donors (Lipinski definition) is 2. The predicted octanol–water partition coefficient (Wildman–Crippen LogP) is 5.18. The van der Waals surface area contributed by atoms with Gasteiger partial charge in [0.25, 0.3) is 0 Å². The van der Waals surface area contributed by atoms with Crippen molar-refractivity contribution in [1.82, 2.24) is 9.38 Å². The lowest BCUT2D eigenvalue weighted by Crippen LogP contribution is -2.14. The van der Waals surface area contributed by atoms with Crippen LogP contribution in [0.4, 0.5) is 5.69 Å². The Balaban J connectivity index is 1.61. The smallest absolute Gasteiger partial charge is 0.234 e. The molecule has 1 amide bonds. The van der Waals surface area contributed by atoms with E-state index >= 15 is 0 Å². The second kappa shape index (κ2) is 7.96. The van der Waals surface area contributed by atoms with Crippen LogP contribution >= 0.6 is 46.6 Å². The number of carbonyl (C=O) groups is 1. The highest BCUT2D eigenvalue weighted by molar-refractivity contribution is 7.99. The number of thioether (sulfide) groups is 1. The van der Waals surface area contributed by atoms with Crippen LogP contribution in [0.5, 0.6) is 5.75 Å². The number of anilines is 1. The topological polar surface area (TPSA) is 66.6 Å². The van der Waals surface area contributed by atoms with Crippen LogP contribution in [-0.4, -0.2) is 26.2 Å². The van der Waals surface area contributed by atoms with Crippen molar-refractivity contribution in [2.24, 2.45) is 0 Å². The standard InChI is InChI=1S/C17H14Cl3N3O2S/c1-9-2-3-13-21-10(6-23(13)5-9)7-26-8-14(24)22-16-15(20)11(18)4-12(19)17(16)25/h2-6,25H,7-8H2,1H3,(H,22,24). The van der Waals surface area contributed by atoms with E-state index in [1.54, 1.807) is 0 Å². The number of pyridine rings is 1. The maximum atomic E-state index is 12.1. The number of amides is 1. The first-order chi connectivity index (χ1) is 12.3. The summed E-state index contributed by atoms with van der Waals surface area (Å²) in [4.78, 5) is 16.6. The van der Waals surface area contributed by atoms with Gasteiger partial charge < -0.3 is 14.8 Å². The second-order valence-corrected chi connectivity index (χ2v) is 7.80. The number of rotatable bonds is 5. The molecule has 2 N–H and O–H groups in total. The minimum absolute atomic E-state index is 0.0120. The van der Waals surface area contributed by atoms with Gasteiger partial charge in [0.1, 0.15) is 11.3 Å². The van der Waals surface area contributed by atoms with Crippen LogP contribution in [0.3, 0.4) is 0 Å². The van der Waals surface area contributed by atoms with Gasteiger partial charge in [-0.1, -0.05) is 40.9 Å². The Morgan fingerprint density at radius 1 is 1.27 bits per heavy atom. The maximum Gasteiger partial charge on any atom is 0.234 e. The monoisotopic (exact) mass is 429 g/mol. The molecule has 1 aromatic carbocycles.